The molecule has 3 aromatic carbocycles. The summed E-state index contributed by atoms with van der Waals surface area (Å²) in [6.07, 6.45) is 3.04. The van der Waals surface area contributed by atoms with Gasteiger partial charge in [0.15, 0.2) is 11.5 Å². The Bertz CT molecular complexity index is 1250. The summed E-state index contributed by atoms with van der Waals surface area (Å²) in [5, 5.41) is 0. The van der Waals surface area contributed by atoms with Gasteiger partial charge in [0.1, 0.15) is 0 Å². The Balaban J connectivity index is 1.42. The summed E-state index contributed by atoms with van der Waals surface area (Å²) in [6.45, 7) is 9.42. The maximum atomic E-state index is 13.9. The third-order valence-electron chi connectivity index (χ3n) is 7.47. The molecule has 218 valence electrons. The number of methoxy groups -OCH3 is 3. The van der Waals surface area contributed by atoms with Gasteiger partial charge in [-0.05, 0) is 43.1 Å². The smallest absolute Gasteiger partial charge is 0.254 e. The third kappa shape index (κ3) is 8.59. The summed E-state index contributed by atoms with van der Waals surface area (Å²) in [7, 11) is 4.69. The molecule has 0 aromatic heterocycles. The van der Waals surface area contributed by atoms with Gasteiger partial charge in [-0.15, -0.1) is 0 Å². The van der Waals surface area contributed by atoms with Crippen molar-refractivity contribution in [3.63, 3.8) is 0 Å². The molecule has 1 amide bonds. The molecule has 0 spiro atoms. The van der Waals surface area contributed by atoms with Crippen LogP contribution in [0.1, 0.15) is 34.8 Å². The molecule has 1 saturated heterocycles. The second-order valence-corrected chi connectivity index (χ2v) is 10.5. The fraction of sp³-hybridized carbons (Fsp3) is 0.382. The lowest BCUT2D eigenvalue weighted by Gasteiger charge is -2.35. The van der Waals surface area contributed by atoms with Crippen LogP contribution in [0, 0.1) is 0 Å². The van der Waals surface area contributed by atoms with Crippen LogP contribution in [0.5, 0.6) is 17.2 Å². The maximum Gasteiger partial charge on any atom is 0.254 e. The van der Waals surface area contributed by atoms with Crippen molar-refractivity contribution in [3.8, 4) is 17.2 Å². The second kappa shape index (κ2) is 15.3. The average Bonchev–Trinajstić information content (AvgIpc) is 3.01. The van der Waals surface area contributed by atoms with Gasteiger partial charge in [-0.3, -0.25) is 9.69 Å². The zero-order chi connectivity index (χ0) is 29.0. The van der Waals surface area contributed by atoms with Crippen molar-refractivity contribution in [1.29, 1.82) is 0 Å². The summed E-state index contributed by atoms with van der Waals surface area (Å²) in [4.78, 5) is 20.9. The Morgan fingerprint density at radius 2 is 1.41 bits per heavy atom. The quantitative estimate of drug-likeness (QED) is 0.278. The van der Waals surface area contributed by atoms with E-state index < -0.39 is 0 Å². The minimum atomic E-state index is -0.0576. The molecule has 1 aliphatic heterocycles. The van der Waals surface area contributed by atoms with E-state index in [0.717, 1.165) is 56.8 Å². The van der Waals surface area contributed by atoms with Crippen LogP contribution in [0.15, 0.2) is 78.4 Å². The number of piperazine rings is 1. The molecule has 1 fully saturated rings. The molecule has 41 heavy (non-hydrogen) atoms. The number of carbonyl (C=O) groups is 1. The van der Waals surface area contributed by atoms with Gasteiger partial charge in [0.05, 0.1) is 21.3 Å². The molecule has 0 bridgehead atoms. The Morgan fingerprint density at radius 1 is 0.829 bits per heavy atom. The van der Waals surface area contributed by atoms with Gasteiger partial charge in [-0.1, -0.05) is 72.3 Å². The molecule has 3 aromatic rings. The molecule has 1 aliphatic rings. The summed E-state index contributed by atoms with van der Waals surface area (Å²) in [5.74, 6) is 1.36. The molecule has 0 aliphatic carbocycles. The summed E-state index contributed by atoms with van der Waals surface area (Å²) < 4.78 is 16.5. The van der Waals surface area contributed by atoms with Gasteiger partial charge in [-0.2, -0.15) is 0 Å². The predicted octanol–water partition coefficient (Wildman–Crippen LogP) is 5.47. The first kappa shape index (κ1) is 30.2. The number of benzene rings is 3. The van der Waals surface area contributed by atoms with Crippen molar-refractivity contribution < 1.29 is 19.0 Å². The van der Waals surface area contributed by atoms with E-state index in [-0.39, 0.29) is 5.91 Å². The SMILES string of the molecule is COc1cc(C(=O)N(CCCN2CCN(Cc3ccccc3)CC2)CC(C)=Cc2ccccc2)cc(OC)c1OC. The van der Waals surface area contributed by atoms with Gasteiger partial charge in [0.25, 0.3) is 5.91 Å². The lowest BCUT2D eigenvalue weighted by Crippen LogP contribution is -2.46. The van der Waals surface area contributed by atoms with Crippen LogP contribution < -0.4 is 14.2 Å². The van der Waals surface area contributed by atoms with Crippen LogP contribution >= 0.6 is 0 Å². The van der Waals surface area contributed by atoms with Crippen LogP contribution in [-0.4, -0.2) is 87.7 Å². The van der Waals surface area contributed by atoms with E-state index in [1.807, 2.05) is 23.1 Å². The molecule has 0 radical (unpaired) electrons. The fourth-order valence-corrected chi connectivity index (χ4v) is 5.32. The molecule has 1 heterocycles. The zero-order valence-corrected chi connectivity index (χ0v) is 24.8. The van der Waals surface area contributed by atoms with E-state index in [2.05, 4.69) is 65.3 Å². The van der Waals surface area contributed by atoms with Crippen molar-refractivity contribution >= 4 is 12.0 Å². The molecule has 0 saturated carbocycles. The topological polar surface area (TPSA) is 54.5 Å². The van der Waals surface area contributed by atoms with Crippen LogP contribution in [0.25, 0.3) is 6.08 Å². The average molecular weight is 558 g/mol. The lowest BCUT2D eigenvalue weighted by atomic mass is 10.1. The Kier molecular flexibility index (Phi) is 11.2. The molecule has 7 heteroatoms. The van der Waals surface area contributed by atoms with Crippen LogP contribution in [0.4, 0.5) is 0 Å². The van der Waals surface area contributed by atoms with E-state index in [1.54, 1.807) is 33.5 Å². The largest absolute Gasteiger partial charge is 0.493 e. The van der Waals surface area contributed by atoms with Crippen molar-refractivity contribution in [2.45, 2.75) is 19.9 Å². The first-order valence-electron chi connectivity index (χ1n) is 14.3. The predicted molar refractivity (Wildman–Crippen MR) is 165 cm³/mol. The minimum Gasteiger partial charge on any atom is -0.493 e. The van der Waals surface area contributed by atoms with Crippen molar-refractivity contribution in [3.05, 3.63) is 95.1 Å². The highest BCUT2D eigenvalue weighted by atomic mass is 16.5. The number of ether oxygens (including phenoxy) is 3. The second-order valence-electron chi connectivity index (χ2n) is 10.5. The molecular formula is C34H43N3O4. The zero-order valence-electron chi connectivity index (χ0n) is 24.8. The van der Waals surface area contributed by atoms with E-state index in [4.69, 9.17) is 14.2 Å². The van der Waals surface area contributed by atoms with Gasteiger partial charge >= 0.3 is 0 Å². The first-order chi connectivity index (χ1) is 20.0. The number of nitrogens with zero attached hydrogens (tertiary/aromatic N) is 3. The highest BCUT2D eigenvalue weighted by Gasteiger charge is 2.22. The minimum absolute atomic E-state index is 0.0576. The van der Waals surface area contributed by atoms with E-state index in [9.17, 15) is 4.79 Å². The van der Waals surface area contributed by atoms with E-state index in [0.29, 0.717) is 35.9 Å². The van der Waals surface area contributed by atoms with Gasteiger partial charge in [0, 0.05) is 51.4 Å². The van der Waals surface area contributed by atoms with Crippen LogP contribution in [0.3, 0.4) is 0 Å². The number of hydrogen-bond donors (Lipinski definition) is 0. The Morgan fingerprint density at radius 3 is 2.00 bits per heavy atom. The highest BCUT2D eigenvalue weighted by Crippen LogP contribution is 2.38. The van der Waals surface area contributed by atoms with Gasteiger partial charge < -0.3 is 24.0 Å². The fourth-order valence-electron chi connectivity index (χ4n) is 5.32. The van der Waals surface area contributed by atoms with Crippen LogP contribution in [0.2, 0.25) is 0 Å². The monoisotopic (exact) mass is 557 g/mol. The first-order valence-corrected chi connectivity index (χ1v) is 14.3. The number of rotatable bonds is 13. The number of carbonyl (C=O) groups excluding carboxylic acids is 1. The van der Waals surface area contributed by atoms with E-state index in [1.165, 1.54) is 5.56 Å². The Hall–Kier alpha value is -3.81. The van der Waals surface area contributed by atoms with Gasteiger partial charge in [-0.25, -0.2) is 0 Å². The molecule has 0 N–H and O–H groups in total. The Labute approximate surface area is 244 Å². The molecule has 0 atom stereocenters. The van der Waals surface area contributed by atoms with Crippen molar-refractivity contribution in [1.82, 2.24) is 14.7 Å². The third-order valence-corrected chi connectivity index (χ3v) is 7.47. The van der Waals surface area contributed by atoms with E-state index >= 15 is 0 Å². The molecule has 4 rings (SSSR count). The van der Waals surface area contributed by atoms with Gasteiger partial charge in [0.2, 0.25) is 5.75 Å². The van der Waals surface area contributed by atoms with Crippen LogP contribution in [-0.2, 0) is 6.54 Å². The van der Waals surface area contributed by atoms with Crippen molar-refractivity contribution in [2.75, 3.05) is 67.1 Å². The lowest BCUT2D eigenvalue weighted by molar-refractivity contribution is 0.0752. The molecule has 7 nitrogen and oxygen atoms in total. The standard InChI is InChI=1S/C34H43N3O4/c1-27(22-28-12-7-5-8-13-28)25-37(34(38)30-23-31(39-2)33(41-4)32(24-30)40-3)17-11-16-35-18-20-36(21-19-35)26-29-14-9-6-10-15-29/h5-10,12-15,22-24H,11,16-21,25-26H2,1-4H3. The maximum absolute atomic E-state index is 13.9. The summed E-state index contributed by atoms with van der Waals surface area (Å²) >= 11 is 0. The molecular weight excluding hydrogens is 514 g/mol. The molecule has 0 unspecified atom stereocenters. The van der Waals surface area contributed by atoms with Crippen molar-refractivity contribution in [2.24, 2.45) is 0 Å². The normalized spacial score (nSPS) is 14.5. The number of amides is 1. The summed E-state index contributed by atoms with van der Waals surface area (Å²) in [6, 6.07) is 24.3. The number of hydrogen-bond acceptors (Lipinski definition) is 6. The summed E-state index contributed by atoms with van der Waals surface area (Å²) in [5.41, 5.74) is 4.12. The highest BCUT2D eigenvalue weighted by molar-refractivity contribution is 5.96.